The van der Waals surface area contributed by atoms with Gasteiger partial charge in [0.2, 0.25) is 24.8 Å². The Hall–Kier alpha value is -14.2. The van der Waals surface area contributed by atoms with E-state index in [2.05, 4.69) is 130 Å². The number of hydrogen-bond donors (Lipinski definition) is 1. The SMILES string of the molecule is CC(=O)O.O=c1/c(=C/c2ccc(-c3ccccc3Cl)o2)sc2nc(-c3ccccc3Br)nn12.O=c1/c(=C/c2ccc(-c3ccccc3Cl)o2)sc2nc(-c3ccccc3Br)nn12.O=c1/c(=C/c2ccc(-c3ccccc3Cl)o2)sc2nc(-c3ccccc3Br)nn12.O=c1/c(=C/c2ccc(-c3ccccc3Cl)o2)sc2nc(-c3ccccc3Br)nn12.O=c1/c(=C/c2ccc(-c3ccccc3Cl)o2)sc2nc(-c3ccccc3Br)nn12. The lowest BCUT2D eigenvalue weighted by Gasteiger charge is -1.98. The number of carbonyl (C=O) groups is 1. The highest BCUT2D eigenvalue weighted by atomic mass is 79.9. The maximum atomic E-state index is 12.8. The van der Waals surface area contributed by atoms with Crippen LogP contribution in [-0.4, -0.2) is 84.1 Å². The van der Waals surface area contributed by atoms with E-state index in [0.717, 1.165) is 84.9 Å². The van der Waals surface area contributed by atoms with Crippen LogP contribution in [0.3, 0.4) is 0 Å². The van der Waals surface area contributed by atoms with E-state index in [1.807, 2.05) is 243 Å². The molecule has 42 heteroatoms. The first-order chi connectivity index (χ1) is 72.2. The number of rotatable bonds is 15. The Bertz CT molecular complexity index is 8780. The highest BCUT2D eigenvalue weighted by Gasteiger charge is 2.24. The van der Waals surface area contributed by atoms with Crippen molar-refractivity contribution in [2.24, 2.45) is 0 Å². The van der Waals surface area contributed by atoms with Crippen molar-refractivity contribution in [2.75, 3.05) is 0 Å². The number of carboxylic acid groups (broad SMARTS) is 1. The Morgan fingerprint density at radius 1 is 0.248 bits per heavy atom. The number of nitrogens with zero attached hydrogens (tertiary/aromatic N) is 15. The van der Waals surface area contributed by atoms with E-state index in [1.54, 1.807) is 91.0 Å². The van der Waals surface area contributed by atoms with Crippen molar-refractivity contribution in [1.29, 1.82) is 0 Å². The van der Waals surface area contributed by atoms with Crippen LogP contribution in [0.15, 0.2) is 372 Å². The summed E-state index contributed by atoms with van der Waals surface area (Å²) in [5, 5.41) is 32.3. The van der Waals surface area contributed by atoms with Gasteiger partial charge < -0.3 is 27.2 Å². The van der Waals surface area contributed by atoms with Gasteiger partial charge >= 0.3 is 0 Å². The van der Waals surface area contributed by atoms with Gasteiger partial charge in [-0.15, -0.1) is 25.5 Å². The van der Waals surface area contributed by atoms with Crippen LogP contribution in [0.4, 0.5) is 0 Å². The molecule has 0 spiro atoms. The largest absolute Gasteiger partial charge is 0.481 e. The number of halogens is 10. The number of benzene rings is 10. The Kier molecular flexibility index (Phi) is 30.8. The molecule has 0 atom stereocenters. The number of fused-ring (bicyclic) bond motifs is 5. The molecule has 10 aromatic carbocycles. The van der Waals surface area contributed by atoms with Gasteiger partial charge in [0.15, 0.2) is 29.1 Å². The zero-order valence-electron chi connectivity index (χ0n) is 75.7. The van der Waals surface area contributed by atoms with E-state index in [9.17, 15) is 24.0 Å². The molecule has 1 N–H and O–H groups in total. The topological polar surface area (TPSA) is 339 Å². The third-order valence-electron chi connectivity index (χ3n) is 21.7. The smallest absolute Gasteiger partial charge is 0.300 e. The van der Waals surface area contributed by atoms with Gasteiger partial charge in [0.25, 0.3) is 33.8 Å². The summed E-state index contributed by atoms with van der Waals surface area (Å²) in [6, 6.07) is 93.6. The first-order valence-corrected chi connectivity index (χ1v) is 53.9. The molecule has 15 heterocycles. The number of hydrogen-bond acceptors (Lipinski definition) is 26. The lowest BCUT2D eigenvalue weighted by Crippen LogP contribution is -2.23. The summed E-state index contributed by atoms with van der Waals surface area (Å²) in [4.78, 5) is 98.0. The number of furan rings is 5. The van der Waals surface area contributed by atoms with Gasteiger partial charge in [-0.3, -0.25) is 28.8 Å². The summed E-state index contributed by atoms with van der Waals surface area (Å²) >= 11 is 54.9. The molecule has 0 unspecified atom stereocenters. The molecule has 0 aliphatic rings. The molecule has 25 rings (SSSR count). The van der Waals surface area contributed by atoms with Crippen molar-refractivity contribution >= 4 is 255 Å². The zero-order chi connectivity index (χ0) is 103. The Morgan fingerprint density at radius 3 is 0.544 bits per heavy atom. The minimum absolute atomic E-state index is 0.230. The van der Waals surface area contributed by atoms with Gasteiger partial charge in [-0.25, -0.2) is 0 Å². The number of carboxylic acids is 1. The molecule has 0 aliphatic heterocycles. The van der Waals surface area contributed by atoms with E-state index >= 15 is 0 Å². The van der Waals surface area contributed by atoms with Crippen molar-refractivity contribution in [3.8, 4) is 114 Å². The molecule has 0 radical (unpaired) electrons. The van der Waals surface area contributed by atoms with Crippen molar-refractivity contribution in [2.45, 2.75) is 6.92 Å². The second-order valence-electron chi connectivity index (χ2n) is 31.6. The molecule has 27 nitrogen and oxygen atoms in total. The van der Waals surface area contributed by atoms with Crippen LogP contribution in [0.1, 0.15) is 35.7 Å². The number of aromatic nitrogens is 15. The lowest BCUT2D eigenvalue weighted by atomic mass is 10.2. The molecular weight excluding hydrogens is 2420 g/mol. The number of aliphatic carboxylic acids is 1. The van der Waals surface area contributed by atoms with Crippen LogP contribution in [0.25, 0.3) is 169 Å². The quantitative estimate of drug-likeness (QED) is 0.0996. The molecule has 0 aliphatic carbocycles. The average molecular weight is 2480 g/mol. The normalized spacial score (nSPS) is 12.0. The van der Waals surface area contributed by atoms with Crippen molar-refractivity contribution in [3.05, 3.63) is 454 Å². The van der Waals surface area contributed by atoms with Crippen molar-refractivity contribution < 1.29 is 32.0 Å². The summed E-state index contributed by atoms with van der Waals surface area (Å²) < 4.78 is 42.8. The molecule has 0 bridgehead atoms. The summed E-state index contributed by atoms with van der Waals surface area (Å²) in [6.07, 6.45) is 8.48. The van der Waals surface area contributed by atoms with E-state index in [0.29, 0.717) is 159 Å². The van der Waals surface area contributed by atoms with Crippen LogP contribution in [-0.2, 0) is 4.79 Å². The first-order valence-electron chi connectivity index (χ1n) is 44.0. The predicted molar refractivity (Wildman–Crippen MR) is 604 cm³/mol. The summed E-state index contributed by atoms with van der Waals surface area (Å²) in [7, 11) is 0. The van der Waals surface area contributed by atoms with Crippen LogP contribution in [0.5, 0.6) is 0 Å². The van der Waals surface area contributed by atoms with Crippen LogP contribution in [0, 0.1) is 0 Å². The van der Waals surface area contributed by atoms with E-state index in [1.165, 1.54) is 79.3 Å². The summed E-state index contributed by atoms with van der Waals surface area (Å²) in [5.74, 6) is 7.73. The first kappa shape index (κ1) is 102. The monoisotopic (exact) mass is 2470 g/mol. The Morgan fingerprint density at radius 2 is 0.396 bits per heavy atom. The Labute approximate surface area is 925 Å². The third kappa shape index (κ3) is 22.6. The highest BCUT2D eigenvalue weighted by molar-refractivity contribution is 9.11. The lowest BCUT2D eigenvalue weighted by molar-refractivity contribution is -0.134. The molecule has 0 saturated heterocycles. The molecule has 734 valence electrons. The molecule has 15 aromatic heterocycles. The van der Waals surface area contributed by atoms with Crippen molar-refractivity contribution in [1.82, 2.24) is 73.0 Å². The Balaban J connectivity index is 0.000000112. The minimum atomic E-state index is -0.833. The van der Waals surface area contributed by atoms with Gasteiger partial charge in [-0.2, -0.15) is 47.5 Å². The molecule has 0 fully saturated rings. The van der Waals surface area contributed by atoms with Crippen LogP contribution < -0.4 is 50.5 Å². The predicted octanol–water partition coefficient (Wildman–Crippen LogP) is 25.3. The van der Waals surface area contributed by atoms with E-state index in [4.69, 9.17) is 90.0 Å². The third-order valence-corrected chi connectivity index (χ3v) is 31.6. The van der Waals surface area contributed by atoms with Gasteiger partial charge in [0.05, 0.1) is 25.1 Å². The highest BCUT2D eigenvalue weighted by Crippen LogP contribution is 2.38. The standard InChI is InChI=1S/5C21H11BrClN3O2S.C2H4O2/c5*22-15-7-3-1-5-13(15)19-24-21-26(25-19)20(27)18(29-21)11-12-9-10-17(28-12)14-6-2-4-8-16(14)23;1-2(3)4/h5*1-11H;1H3,(H,3,4)/b5*18-11-;. The molecule has 0 saturated carbocycles. The van der Waals surface area contributed by atoms with Gasteiger partial charge in [0.1, 0.15) is 80.3 Å². The molecular formula is C107H59Br5Cl5N15O12S5. The molecule has 149 heavy (non-hydrogen) atoms. The van der Waals surface area contributed by atoms with Crippen LogP contribution in [0.2, 0.25) is 25.1 Å². The maximum absolute atomic E-state index is 12.8. The second-order valence-corrected chi connectivity index (χ2v) is 42.9. The van der Waals surface area contributed by atoms with E-state index in [-0.39, 0.29) is 27.8 Å². The fourth-order valence-corrected chi connectivity index (χ4v) is 22.7. The van der Waals surface area contributed by atoms with Gasteiger partial charge in [-0.05, 0) is 182 Å². The van der Waals surface area contributed by atoms with E-state index < -0.39 is 5.97 Å². The van der Waals surface area contributed by atoms with Gasteiger partial charge in [-0.1, -0.05) is 316 Å². The van der Waals surface area contributed by atoms with Crippen molar-refractivity contribution in [3.63, 3.8) is 0 Å². The maximum Gasteiger partial charge on any atom is 0.300 e. The molecule has 0 amide bonds. The molecule has 25 aromatic rings. The second kappa shape index (κ2) is 45.1. The number of thiazole rings is 5. The summed E-state index contributed by atoms with van der Waals surface area (Å²) in [5.41, 5.74) is 7.05. The fraction of sp³-hybridized carbons (Fsp3) is 0.00935. The zero-order valence-corrected chi connectivity index (χ0v) is 91.5. The average Bonchev–Trinajstić information content (AvgIpc) is 1.64. The van der Waals surface area contributed by atoms with Gasteiger partial charge in [0, 0.05) is 115 Å². The minimum Gasteiger partial charge on any atom is -0.481 e. The fourth-order valence-electron chi connectivity index (χ4n) is 14.8. The van der Waals surface area contributed by atoms with Crippen LogP contribution >= 0.6 is 194 Å². The summed E-state index contributed by atoms with van der Waals surface area (Å²) in [6.45, 7) is 1.08.